The Morgan fingerprint density at radius 2 is 2.46 bits per heavy atom. The van der Waals surface area contributed by atoms with Crippen LogP contribution in [0.4, 0.5) is 0 Å². The highest BCUT2D eigenvalue weighted by Crippen LogP contribution is 2.40. The third kappa shape index (κ3) is 1.49. The van der Waals surface area contributed by atoms with E-state index in [1.807, 2.05) is 4.68 Å². The van der Waals surface area contributed by atoms with Crippen LogP contribution in [0, 0.1) is 17.2 Å². The normalized spacial score (nSPS) is 18.2. The van der Waals surface area contributed by atoms with E-state index in [1.165, 1.54) is 12.8 Å². The summed E-state index contributed by atoms with van der Waals surface area (Å²) in [6.07, 6.45) is 4.19. The van der Waals surface area contributed by atoms with Gasteiger partial charge in [-0.25, -0.2) is 0 Å². The predicted molar refractivity (Wildman–Crippen MR) is 52.1 cm³/mol. The van der Waals surface area contributed by atoms with Gasteiger partial charge in [0.1, 0.15) is 16.2 Å². The summed E-state index contributed by atoms with van der Waals surface area (Å²) in [7, 11) is 0. The third-order valence-electron chi connectivity index (χ3n) is 2.55. The topological polar surface area (TPSA) is 41.6 Å². The molecule has 13 heavy (non-hydrogen) atoms. The second-order valence-electron chi connectivity index (χ2n) is 3.48. The van der Waals surface area contributed by atoms with Crippen LogP contribution in [0.5, 0.6) is 0 Å². The molecular weight excluding hydrogens is 230 g/mol. The minimum absolute atomic E-state index is 0.413. The monoisotopic (exact) mass is 239 g/mol. The van der Waals surface area contributed by atoms with Crippen molar-refractivity contribution in [1.29, 1.82) is 5.26 Å². The summed E-state index contributed by atoms with van der Waals surface area (Å²) in [5.74, 6) is 0.753. The molecule has 1 atom stereocenters. The SMILES string of the molecule is C[C@H](C1CC1)n1ncc(C#N)c1Br. The molecule has 1 saturated carbocycles. The van der Waals surface area contributed by atoms with Crippen molar-refractivity contribution in [3.8, 4) is 6.07 Å². The van der Waals surface area contributed by atoms with Crippen molar-refractivity contribution < 1.29 is 0 Å². The van der Waals surface area contributed by atoms with Crippen molar-refractivity contribution in [2.75, 3.05) is 0 Å². The average Bonchev–Trinajstić information content (AvgIpc) is 2.89. The van der Waals surface area contributed by atoms with Crippen LogP contribution < -0.4 is 0 Å². The van der Waals surface area contributed by atoms with E-state index in [4.69, 9.17) is 5.26 Å². The quantitative estimate of drug-likeness (QED) is 0.796. The van der Waals surface area contributed by atoms with Crippen molar-refractivity contribution in [3.05, 3.63) is 16.4 Å². The fourth-order valence-corrected chi connectivity index (χ4v) is 2.09. The molecule has 1 aliphatic rings. The van der Waals surface area contributed by atoms with Gasteiger partial charge in [0, 0.05) is 0 Å². The zero-order valence-corrected chi connectivity index (χ0v) is 8.95. The number of hydrogen-bond acceptors (Lipinski definition) is 2. The highest BCUT2D eigenvalue weighted by Gasteiger charge is 2.30. The Morgan fingerprint density at radius 1 is 1.77 bits per heavy atom. The zero-order chi connectivity index (χ0) is 9.42. The molecule has 0 amide bonds. The van der Waals surface area contributed by atoms with Gasteiger partial charge in [0.2, 0.25) is 0 Å². The van der Waals surface area contributed by atoms with E-state index < -0.39 is 0 Å². The first-order valence-electron chi connectivity index (χ1n) is 4.37. The van der Waals surface area contributed by atoms with E-state index >= 15 is 0 Å². The summed E-state index contributed by atoms with van der Waals surface area (Å²) in [5, 5.41) is 12.9. The molecule has 0 aromatic carbocycles. The highest BCUT2D eigenvalue weighted by molar-refractivity contribution is 9.10. The van der Waals surface area contributed by atoms with Gasteiger partial charge in [-0.05, 0) is 41.6 Å². The lowest BCUT2D eigenvalue weighted by Crippen LogP contribution is -2.08. The molecule has 0 N–H and O–H groups in total. The molecule has 3 nitrogen and oxygen atoms in total. The van der Waals surface area contributed by atoms with E-state index in [-0.39, 0.29) is 0 Å². The first kappa shape index (κ1) is 8.76. The molecule has 0 spiro atoms. The van der Waals surface area contributed by atoms with Crippen LogP contribution in [0.25, 0.3) is 0 Å². The van der Waals surface area contributed by atoms with Gasteiger partial charge in [0.05, 0.1) is 12.2 Å². The van der Waals surface area contributed by atoms with Gasteiger partial charge in [-0.3, -0.25) is 4.68 Å². The van der Waals surface area contributed by atoms with E-state index in [0.29, 0.717) is 11.6 Å². The van der Waals surface area contributed by atoms with Gasteiger partial charge in [0.25, 0.3) is 0 Å². The lowest BCUT2D eigenvalue weighted by molar-refractivity contribution is 0.432. The summed E-state index contributed by atoms with van der Waals surface area (Å²) >= 11 is 3.39. The number of nitrogens with zero attached hydrogens (tertiary/aromatic N) is 3. The fourth-order valence-electron chi connectivity index (χ4n) is 1.48. The molecule has 1 aromatic rings. The summed E-state index contributed by atoms with van der Waals surface area (Å²) in [4.78, 5) is 0. The lowest BCUT2D eigenvalue weighted by atomic mass is 10.2. The second-order valence-corrected chi connectivity index (χ2v) is 4.23. The molecule has 0 bridgehead atoms. The summed E-state index contributed by atoms with van der Waals surface area (Å²) in [5.41, 5.74) is 0.618. The smallest absolute Gasteiger partial charge is 0.122 e. The van der Waals surface area contributed by atoms with Gasteiger partial charge >= 0.3 is 0 Å². The van der Waals surface area contributed by atoms with Crippen LogP contribution in [-0.2, 0) is 0 Å². The maximum absolute atomic E-state index is 8.73. The minimum atomic E-state index is 0.413. The van der Waals surface area contributed by atoms with E-state index in [1.54, 1.807) is 6.20 Å². The fraction of sp³-hybridized carbons (Fsp3) is 0.556. The van der Waals surface area contributed by atoms with Gasteiger partial charge < -0.3 is 0 Å². The summed E-state index contributed by atoms with van der Waals surface area (Å²) < 4.78 is 2.71. The molecule has 0 radical (unpaired) electrons. The molecule has 0 aliphatic heterocycles. The molecule has 1 aliphatic carbocycles. The van der Waals surface area contributed by atoms with E-state index in [9.17, 15) is 0 Å². The molecular formula is C9H10BrN3. The van der Waals surface area contributed by atoms with Crippen molar-refractivity contribution in [2.24, 2.45) is 5.92 Å². The Kier molecular flexibility index (Phi) is 2.12. The second kappa shape index (κ2) is 3.15. The molecule has 0 saturated heterocycles. The molecule has 1 heterocycles. The van der Waals surface area contributed by atoms with Gasteiger partial charge in [-0.15, -0.1) is 0 Å². The van der Waals surface area contributed by atoms with Gasteiger partial charge in [-0.1, -0.05) is 0 Å². The largest absolute Gasteiger partial charge is 0.254 e. The van der Waals surface area contributed by atoms with Crippen LogP contribution in [0.3, 0.4) is 0 Å². The summed E-state index contributed by atoms with van der Waals surface area (Å²) in [6, 6.07) is 2.51. The van der Waals surface area contributed by atoms with Crippen LogP contribution in [0.2, 0.25) is 0 Å². The van der Waals surface area contributed by atoms with Crippen molar-refractivity contribution in [3.63, 3.8) is 0 Å². The van der Waals surface area contributed by atoms with Crippen LogP contribution in [-0.4, -0.2) is 9.78 Å². The number of hydrogen-bond donors (Lipinski definition) is 0. The number of rotatable bonds is 2. The maximum Gasteiger partial charge on any atom is 0.122 e. The van der Waals surface area contributed by atoms with Crippen LogP contribution in [0.15, 0.2) is 10.8 Å². The average molecular weight is 240 g/mol. The Bertz CT molecular complexity index is 359. The molecule has 68 valence electrons. The number of halogens is 1. The Balaban J connectivity index is 2.30. The van der Waals surface area contributed by atoms with Crippen LogP contribution >= 0.6 is 15.9 Å². The first-order chi connectivity index (χ1) is 6.24. The Labute approximate surface area is 85.5 Å². The Morgan fingerprint density at radius 3 is 2.92 bits per heavy atom. The van der Waals surface area contributed by atoms with Crippen molar-refractivity contribution in [2.45, 2.75) is 25.8 Å². The molecule has 1 fully saturated rings. The van der Waals surface area contributed by atoms with Crippen molar-refractivity contribution >= 4 is 15.9 Å². The molecule has 2 rings (SSSR count). The molecule has 1 aromatic heterocycles. The van der Waals surface area contributed by atoms with Gasteiger partial charge in [-0.2, -0.15) is 10.4 Å². The highest BCUT2D eigenvalue weighted by atomic mass is 79.9. The van der Waals surface area contributed by atoms with Crippen LogP contribution in [0.1, 0.15) is 31.4 Å². The predicted octanol–water partition coefficient (Wildman–Crippen LogP) is 2.49. The van der Waals surface area contributed by atoms with Crippen molar-refractivity contribution in [1.82, 2.24) is 9.78 Å². The zero-order valence-electron chi connectivity index (χ0n) is 7.37. The Hall–Kier alpha value is -0.820. The number of aromatic nitrogens is 2. The van der Waals surface area contributed by atoms with E-state index in [0.717, 1.165) is 10.5 Å². The van der Waals surface area contributed by atoms with Gasteiger partial charge in [0.15, 0.2) is 0 Å². The summed E-state index contributed by atoms with van der Waals surface area (Å²) in [6.45, 7) is 2.15. The number of nitriles is 1. The third-order valence-corrected chi connectivity index (χ3v) is 3.34. The first-order valence-corrected chi connectivity index (χ1v) is 5.16. The molecule has 4 heteroatoms. The molecule has 0 unspecified atom stereocenters. The van der Waals surface area contributed by atoms with E-state index in [2.05, 4.69) is 34.0 Å². The lowest BCUT2D eigenvalue weighted by Gasteiger charge is -2.11. The maximum atomic E-state index is 8.73. The minimum Gasteiger partial charge on any atom is -0.254 e. The standard InChI is InChI=1S/C9H10BrN3/c1-6(7-2-3-7)13-9(10)8(4-11)5-12-13/h5-7H,2-3H2,1H3/t6-/m1/s1.